The molecule has 4 aliphatic rings. The average Bonchev–Trinajstić information content (AvgIpc) is 3.72. The summed E-state index contributed by atoms with van der Waals surface area (Å²) in [5, 5.41) is 10.3. The second kappa shape index (κ2) is 11.6. The minimum atomic E-state index is -2.83. The number of fused-ring (bicyclic) bond motifs is 3. The highest BCUT2D eigenvalue weighted by molar-refractivity contribution is 8.00. The molecule has 3 saturated heterocycles. The zero-order valence-corrected chi connectivity index (χ0v) is 26.7. The van der Waals surface area contributed by atoms with Gasteiger partial charge in [0.1, 0.15) is 29.7 Å². The third-order valence-corrected chi connectivity index (χ3v) is 12.3. The van der Waals surface area contributed by atoms with Crippen LogP contribution in [0, 0.1) is 17.1 Å². The Hall–Kier alpha value is -3.55. The zero-order chi connectivity index (χ0) is 32.4. The van der Waals surface area contributed by atoms with Gasteiger partial charge in [-0.2, -0.15) is 19.6 Å². The van der Waals surface area contributed by atoms with Gasteiger partial charge in [-0.25, -0.2) is 18.2 Å². The first kappa shape index (κ1) is 31.1. The van der Waals surface area contributed by atoms with Crippen LogP contribution in [-0.4, -0.2) is 77.3 Å². The molecular formula is C30H33F4N9OS2. The molecule has 0 amide bonds. The van der Waals surface area contributed by atoms with Crippen LogP contribution in [-0.2, 0) is 10.5 Å². The van der Waals surface area contributed by atoms with E-state index in [9.17, 15) is 18.4 Å². The Labute approximate surface area is 271 Å². The van der Waals surface area contributed by atoms with Crippen molar-refractivity contribution >= 4 is 45.6 Å². The van der Waals surface area contributed by atoms with Crippen LogP contribution in [0.3, 0.4) is 0 Å². The maximum atomic E-state index is 16.6. The summed E-state index contributed by atoms with van der Waals surface area (Å²) in [7, 11) is 0. The van der Waals surface area contributed by atoms with Crippen LogP contribution in [0.5, 0.6) is 6.01 Å². The van der Waals surface area contributed by atoms with Gasteiger partial charge in [-0.1, -0.05) is 6.07 Å². The Morgan fingerprint density at radius 3 is 2.83 bits per heavy atom. The van der Waals surface area contributed by atoms with Crippen LogP contribution < -0.4 is 26.0 Å². The maximum Gasteiger partial charge on any atom is 0.320 e. The number of anilines is 4. The first-order valence-corrected chi connectivity index (χ1v) is 16.9. The molecule has 244 valence electrons. The highest BCUT2D eigenvalue weighted by atomic mass is 32.2. The summed E-state index contributed by atoms with van der Waals surface area (Å²) in [4.78, 5) is 18.9. The van der Waals surface area contributed by atoms with E-state index in [1.165, 1.54) is 17.5 Å². The van der Waals surface area contributed by atoms with Gasteiger partial charge in [-0.15, -0.1) is 23.1 Å². The van der Waals surface area contributed by atoms with Crippen LogP contribution in [0.2, 0.25) is 0 Å². The van der Waals surface area contributed by atoms with Gasteiger partial charge in [-0.3, -0.25) is 4.90 Å². The molecule has 0 aromatic carbocycles. The number of halogens is 4. The molecule has 0 aliphatic carbocycles. The summed E-state index contributed by atoms with van der Waals surface area (Å²) in [6.07, 6.45) is -0.379. The highest BCUT2D eigenvalue weighted by Crippen LogP contribution is 2.58. The third-order valence-electron chi connectivity index (χ3n) is 9.67. The number of hydrogen-bond acceptors (Lipinski definition) is 12. The van der Waals surface area contributed by atoms with Crippen molar-refractivity contribution < 1.29 is 22.3 Å². The van der Waals surface area contributed by atoms with Gasteiger partial charge in [0.2, 0.25) is 5.82 Å². The van der Waals surface area contributed by atoms with Crippen molar-refractivity contribution in [2.45, 2.75) is 60.9 Å². The molecule has 4 N–H and O–H groups in total. The molecule has 7 rings (SSSR count). The number of ether oxygens (including phenoxy) is 1. The first-order chi connectivity index (χ1) is 22.0. The second-order valence-electron chi connectivity index (χ2n) is 12.4. The molecule has 46 heavy (non-hydrogen) atoms. The number of rotatable bonds is 9. The number of nitrogens with zero attached hydrogens (tertiary/aromatic N) is 7. The number of alkyl halides is 3. The van der Waals surface area contributed by atoms with E-state index >= 15 is 4.39 Å². The normalized spacial score (nSPS) is 23.8. The largest absolute Gasteiger partial charge is 0.461 e. The van der Waals surface area contributed by atoms with E-state index in [1.807, 2.05) is 0 Å². The van der Waals surface area contributed by atoms with Crippen LogP contribution in [0.4, 0.5) is 40.0 Å². The molecule has 3 aromatic heterocycles. The fraction of sp³-hybridized carbons (Fsp3) is 0.533. The molecule has 0 saturated carbocycles. The van der Waals surface area contributed by atoms with Gasteiger partial charge in [0.05, 0.1) is 28.4 Å². The van der Waals surface area contributed by atoms with Gasteiger partial charge in [-0.05, 0) is 32.4 Å². The minimum absolute atomic E-state index is 0.0841. The van der Waals surface area contributed by atoms with Crippen LogP contribution in [0.15, 0.2) is 18.3 Å². The fourth-order valence-electron chi connectivity index (χ4n) is 7.48. The fourth-order valence-corrected chi connectivity index (χ4v) is 10.3. The van der Waals surface area contributed by atoms with E-state index in [0.717, 1.165) is 34.7 Å². The Morgan fingerprint density at radius 2 is 2.09 bits per heavy atom. The molecule has 1 spiro atoms. The molecule has 7 heterocycles. The number of aromatic nitrogens is 3. The molecule has 0 radical (unpaired) electrons. The summed E-state index contributed by atoms with van der Waals surface area (Å²) in [6, 6.07) is 4.49. The first-order valence-electron chi connectivity index (χ1n) is 15.1. The van der Waals surface area contributed by atoms with Gasteiger partial charge >= 0.3 is 6.01 Å². The number of thiophene rings is 1. The number of nitriles is 1. The van der Waals surface area contributed by atoms with Gasteiger partial charge < -0.3 is 26.0 Å². The lowest BCUT2D eigenvalue weighted by Crippen LogP contribution is -2.57. The molecule has 3 fully saturated rings. The molecule has 3 atom stereocenters. The Balaban J connectivity index is 1.26. The van der Waals surface area contributed by atoms with E-state index < -0.39 is 41.3 Å². The van der Waals surface area contributed by atoms with Crippen LogP contribution >= 0.6 is 23.1 Å². The Bertz CT molecular complexity index is 1700. The Kier molecular flexibility index (Phi) is 7.84. The van der Waals surface area contributed by atoms with Gasteiger partial charge in [0.25, 0.3) is 6.43 Å². The maximum absolute atomic E-state index is 16.6. The summed E-state index contributed by atoms with van der Waals surface area (Å²) in [5.41, 5.74) is 13.5. The lowest BCUT2D eigenvalue weighted by atomic mass is 9.88. The Morgan fingerprint density at radius 1 is 1.28 bits per heavy atom. The monoisotopic (exact) mass is 675 g/mol. The summed E-state index contributed by atoms with van der Waals surface area (Å²) < 4.78 is 64.9. The van der Waals surface area contributed by atoms with Gasteiger partial charge in [0, 0.05) is 54.0 Å². The van der Waals surface area contributed by atoms with Crippen molar-refractivity contribution in [3.05, 3.63) is 45.7 Å². The summed E-state index contributed by atoms with van der Waals surface area (Å²) in [5.74, 6) is -0.514. The standard InChI is InChI=1S/C30H33F4N9OS2/c1-16(18-4-2-6-38-24(18)36)43(11-21(32)33)27-23(34)26(39-28(40-27)44-15-29-5-3-7-42(29)10-17(31)8-29)41-13-30(14-41)22-19(9-35)25(37)46-20(22)12-45-30/h2,4,6,16-17,21H,3,5,7-8,10-15,37H2,1H3,(H2,36,38)/t16-,17-,29+/m1/s1. The predicted octanol–water partition coefficient (Wildman–Crippen LogP) is 4.86. The van der Waals surface area contributed by atoms with E-state index in [2.05, 4.69) is 25.9 Å². The molecule has 0 unspecified atom stereocenters. The lowest BCUT2D eigenvalue weighted by Gasteiger charge is -2.48. The number of nitrogen functional groups attached to an aromatic ring is 2. The smallest absolute Gasteiger partial charge is 0.320 e. The lowest BCUT2D eigenvalue weighted by molar-refractivity contribution is 0.107. The molecule has 4 aliphatic heterocycles. The summed E-state index contributed by atoms with van der Waals surface area (Å²) >= 11 is 3.06. The SMILES string of the molecule is C[C@H](c1cccnc1N)N(CC(F)F)c1nc(OC[C@@]23CCCN2C[C@H](F)C3)nc(N2CC3(C2)SCc2sc(N)c(C#N)c23)c1F. The molecule has 10 nitrogen and oxygen atoms in total. The number of hydrogen-bond donors (Lipinski definition) is 2. The topological polar surface area (TPSA) is 133 Å². The molecule has 0 bridgehead atoms. The number of nitrogens with two attached hydrogens (primary N) is 2. The zero-order valence-electron chi connectivity index (χ0n) is 25.1. The second-order valence-corrected chi connectivity index (χ2v) is 14.9. The predicted molar refractivity (Wildman–Crippen MR) is 170 cm³/mol. The van der Waals surface area contributed by atoms with Crippen molar-refractivity contribution in [3.63, 3.8) is 0 Å². The molecular weight excluding hydrogens is 643 g/mol. The van der Waals surface area contributed by atoms with Gasteiger partial charge in [0.15, 0.2) is 11.6 Å². The van der Waals surface area contributed by atoms with E-state index in [0.29, 0.717) is 47.9 Å². The molecule has 3 aromatic rings. The minimum Gasteiger partial charge on any atom is -0.461 e. The average molecular weight is 676 g/mol. The van der Waals surface area contributed by atoms with Crippen molar-refractivity contribution in [1.29, 1.82) is 5.26 Å². The van der Waals surface area contributed by atoms with Crippen LogP contribution in [0.1, 0.15) is 53.8 Å². The van der Waals surface area contributed by atoms with E-state index in [1.54, 1.807) is 35.7 Å². The summed E-state index contributed by atoms with van der Waals surface area (Å²) in [6.45, 7) is 2.60. The van der Waals surface area contributed by atoms with Crippen molar-refractivity contribution in [1.82, 2.24) is 19.9 Å². The third kappa shape index (κ3) is 5.07. The van der Waals surface area contributed by atoms with Crippen molar-refractivity contribution in [3.8, 4) is 12.1 Å². The molecule has 16 heteroatoms. The van der Waals surface area contributed by atoms with Crippen molar-refractivity contribution in [2.24, 2.45) is 0 Å². The quantitative estimate of drug-likeness (QED) is 0.302. The van der Waals surface area contributed by atoms with Crippen LogP contribution in [0.25, 0.3) is 0 Å². The number of thioether (sulfide) groups is 1. The van der Waals surface area contributed by atoms with E-state index in [4.69, 9.17) is 16.2 Å². The highest BCUT2D eigenvalue weighted by Gasteiger charge is 2.54. The van der Waals surface area contributed by atoms with Crippen molar-refractivity contribution in [2.75, 3.05) is 60.6 Å². The number of pyridine rings is 1. The van der Waals surface area contributed by atoms with E-state index in [-0.39, 0.29) is 30.1 Å².